The molecule has 2 unspecified atom stereocenters. The van der Waals surface area contributed by atoms with Crippen LogP contribution in [-0.4, -0.2) is 37.1 Å². The number of hydrogen-bond donors (Lipinski definition) is 1. The van der Waals surface area contributed by atoms with Crippen molar-refractivity contribution in [2.24, 2.45) is 5.92 Å². The Morgan fingerprint density at radius 2 is 2.00 bits per heavy atom. The molecule has 2 nitrogen and oxygen atoms in total. The molecule has 0 saturated carbocycles. The lowest BCUT2D eigenvalue weighted by atomic mass is 9.90. The van der Waals surface area contributed by atoms with Crippen LogP contribution in [0.3, 0.4) is 0 Å². The standard InChI is InChI=1S/C13H28N2/c1-4-7-8-12-9-13(14-5-2)11-15(6-3)10-12/h12-14H,4-11H2,1-3H3. The average Bonchev–Trinajstić information content (AvgIpc) is 2.26. The highest BCUT2D eigenvalue weighted by Crippen LogP contribution is 2.21. The number of hydrogen-bond acceptors (Lipinski definition) is 2. The number of likely N-dealkylation sites (tertiary alicyclic amines) is 1. The third-order valence-electron chi connectivity index (χ3n) is 3.52. The molecule has 1 aliphatic rings. The molecule has 15 heavy (non-hydrogen) atoms. The fourth-order valence-electron chi connectivity index (χ4n) is 2.70. The van der Waals surface area contributed by atoms with E-state index in [0.717, 1.165) is 18.5 Å². The van der Waals surface area contributed by atoms with Gasteiger partial charge in [0.15, 0.2) is 0 Å². The normalized spacial score (nSPS) is 28.2. The summed E-state index contributed by atoms with van der Waals surface area (Å²) in [6.07, 6.45) is 5.56. The summed E-state index contributed by atoms with van der Waals surface area (Å²) in [5.41, 5.74) is 0. The molecule has 0 aromatic carbocycles. The van der Waals surface area contributed by atoms with E-state index in [1.807, 2.05) is 0 Å². The lowest BCUT2D eigenvalue weighted by Gasteiger charge is -2.37. The molecule has 1 fully saturated rings. The number of nitrogens with one attached hydrogen (secondary N) is 1. The van der Waals surface area contributed by atoms with Crippen molar-refractivity contribution < 1.29 is 0 Å². The van der Waals surface area contributed by atoms with Gasteiger partial charge in [0.2, 0.25) is 0 Å². The highest BCUT2D eigenvalue weighted by molar-refractivity contribution is 4.82. The van der Waals surface area contributed by atoms with E-state index < -0.39 is 0 Å². The van der Waals surface area contributed by atoms with Gasteiger partial charge in [-0.1, -0.05) is 33.6 Å². The van der Waals surface area contributed by atoms with E-state index in [4.69, 9.17) is 0 Å². The molecule has 1 N–H and O–H groups in total. The van der Waals surface area contributed by atoms with Crippen LogP contribution < -0.4 is 5.32 Å². The largest absolute Gasteiger partial charge is 0.313 e. The predicted molar refractivity (Wildman–Crippen MR) is 67.2 cm³/mol. The number of unbranched alkanes of at least 4 members (excludes halogenated alkanes) is 1. The van der Waals surface area contributed by atoms with Crippen LogP contribution >= 0.6 is 0 Å². The summed E-state index contributed by atoms with van der Waals surface area (Å²) in [6.45, 7) is 11.7. The molecular formula is C13H28N2. The van der Waals surface area contributed by atoms with Crippen molar-refractivity contribution in [1.29, 1.82) is 0 Å². The molecule has 1 rings (SSSR count). The molecule has 1 saturated heterocycles. The van der Waals surface area contributed by atoms with Gasteiger partial charge in [0.1, 0.15) is 0 Å². The van der Waals surface area contributed by atoms with Crippen molar-refractivity contribution in [3.8, 4) is 0 Å². The van der Waals surface area contributed by atoms with Gasteiger partial charge in [0.25, 0.3) is 0 Å². The van der Waals surface area contributed by atoms with E-state index in [0.29, 0.717) is 0 Å². The van der Waals surface area contributed by atoms with Crippen molar-refractivity contribution in [1.82, 2.24) is 10.2 Å². The van der Waals surface area contributed by atoms with Gasteiger partial charge >= 0.3 is 0 Å². The lowest BCUT2D eigenvalue weighted by Crippen LogP contribution is -2.49. The quantitative estimate of drug-likeness (QED) is 0.728. The SMILES string of the molecule is CCCCC1CC(NCC)CN(CC)C1. The van der Waals surface area contributed by atoms with Crippen LogP contribution in [0.1, 0.15) is 46.5 Å². The zero-order chi connectivity index (χ0) is 11.1. The van der Waals surface area contributed by atoms with Crippen LogP contribution in [0, 0.1) is 5.92 Å². The second kappa shape index (κ2) is 7.24. The van der Waals surface area contributed by atoms with Gasteiger partial charge in [0.05, 0.1) is 0 Å². The van der Waals surface area contributed by atoms with Crippen LogP contribution in [0.25, 0.3) is 0 Å². The summed E-state index contributed by atoms with van der Waals surface area (Å²) in [4.78, 5) is 2.61. The fourth-order valence-corrected chi connectivity index (χ4v) is 2.70. The molecule has 0 radical (unpaired) electrons. The van der Waals surface area contributed by atoms with Gasteiger partial charge in [-0.25, -0.2) is 0 Å². The predicted octanol–water partition coefficient (Wildman–Crippen LogP) is 2.50. The van der Waals surface area contributed by atoms with E-state index >= 15 is 0 Å². The Balaban J connectivity index is 2.36. The van der Waals surface area contributed by atoms with Crippen LogP contribution in [0.2, 0.25) is 0 Å². The summed E-state index contributed by atoms with van der Waals surface area (Å²) in [5, 5.41) is 3.61. The second-order valence-electron chi connectivity index (χ2n) is 4.85. The van der Waals surface area contributed by atoms with E-state index in [1.54, 1.807) is 0 Å². The van der Waals surface area contributed by atoms with E-state index in [-0.39, 0.29) is 0 Å². The van der Waals surface area contributed by atoms with Crippen molar-refractivity contribution >= 4 is 0 Å². The van der Waals surface area contributed by atoms with E-state index in [2.05, 4.69) is 31.0 Å². The van der Waals surface area contributed by atoms with Crippen LogP contribution in [0.4, 0.5) is 0 Å². The van der Waals surface area contributed by atoms with Crippen molar-refractivity contribution in [3.63, 3.8) is 0 Å². The minimum atomic E-state index is 0.741. The van der Waals surface area contributed by atoms with Crippen molar-refractivity contribution in [2.45, 2.75) is 52.5 Å². The van der Waals surface area contributed by atoms with Gasteiger partial charge in [-0.05, 0) is 31.8 Å². The van der Waals surface area contributed by atoms with Gasteiger partial charge in [-0.2, -0.15) is 0 Å². The van der Waals surface area contributed by atoms with Gasteiger partial charge in [-0.15, -0.1) is 0 Å². The first-order valence-electron chi connectivity index (χ1n) is 6.75. The third-order valence-corrected chi connectivity index (χ3v) is 3.52. The van der Waals surface area contributed by atoms with E-state index in [1.165, 1.54) is 45.3 Å². The van der Waals surface area contributed by atoms with E-state index in [9.17, 15) is 0 Å². The van der Waals surface area contributed by atoms with Crippen molar-refractivity contribution in [2.75, 3.05) is 26.2 Å². The molecule has 0 aliphatic carbocycles. The summed E-state index contributed by atoms with van der Waals surface area (Å²) >= 11 is 0. The molecule has 0 spiro atoms. The molecule has 0 aromatic heterocycles. The molecule has 90 valence electrons. The summed E-state index contributed by atoms with van der Waals surface area (Å²) in [7, 11) is 0. The Labute approximate surface area is 95.4 Å². The Kier molecular flexibility index (Phi) is 6.26. The zero-order valence-electron chi connectivity index (χ0n) is 10.8. The van der Waals surface area contributed by atoms with Crippen LogP contribution in [0.15, 0.2) is 0 Å². The maximum absolute atomic E-state index is 3.61. The minimum absolute atomic E-state index is 0.741. The first-order chi connectivity index (χ1) is 7.30. The lowest BCUT2D eigenvalue weighted by molar-refractivity contribution is 0.141. The number of likely N-dealkylation sites (N-methyl/N-ethyl adjacent to an activating group) is 2. The fraction of sp³-hybridized carbons (Fsp3) is 1.00. The molecule has 2 atom stereocenters. The molecular weight excluding hydrogens is 184 g/mol. The zero-order valence-corrected chi connectivity index (χ0v) is 10.8. The summed E-state index contributed by atoms with van der Waals surface area (Å²) in [6, 6.07) is 0.741. The Morgan fingerprint density at radius 1 is 1.20 bits per heavy atom. The first-order valence-corrected chi connectivity index (χ1v) is 6.75. The maximum Gasteiger partial charge on any atom is 0.0198 e. The molecule has 0 aromatic rings. The average molecular weight is 212 g/mol. The molecule has 1 aliphatic heterocycles. The number of rotatable bonds is 6. The highest BCUT2D eigenvalue weighted by atomic mass is 15.2. The topological polar surface area (TPSA) is 15.3 Å². The molecule has 2 heteroatoms. The third kappa shape index (κ3) is 4.52. The summed E-state index contributed by atoms with van der Waals surface area (Å²) < 4.78 is 0. The smallest absolute Gasteiger partial charge is 0.0198 e. The van der Waals surface area contributed by atoms with Crippen LogP contribution in [-0.2, 0) is 0 Å². The molecule has 0 bridgehead atoms. The Bertz CT molecular complexity index is 159. The van der Waals surface area contributed by atoms with Crippen LogP contribution in [0.5, 0.6) is 0 Å². The second-order valence-corrected chi connectivity index (χ2v) is 4.85. The summed E-state index contributed by atoms with van der Waals surface area (Å²) in [5.74, 6) is 0.933. The highest BCUT2D eigenvalue weighted by Gasteiger charge is 2.25. The first kappa shape index (κ1) is 13.0. The molecule has 1 heterocycles. The minimum Gasteiger partial charge on any atom is -0.313 e. The van der Waals surface area contributed by atoms with Crippen molar-refractivity contribution in [3.05, 3.63) is 0 Å². The number of nitrogens with zero attached hydrogens (tertiary/aromatic N) is 1. The molecule has 0 amide bonds. The van der Waals surface area contributed by atoms with Gasteiger partial charge < -0.3 is 10.2 Å². The van der Waals surface area contributed by atoms with Gasteiger partial charge in [0, 0.05) is 19.1 Å². The Hall–Kier alpha value is -0.0800. The Morgan fingerprint density at radius 3 is 2.60 bits per heavy atom. The monoisotopic (exact) mass is 212 g/mol. The maximum atomic E-state index is 3.61. The van der Waals surface area contributed by atoms with Gasteiger partial charge in [-0.3, -0.25) is 0 Å². The number of piperidine rings is 1.